The van der Waals surface area contributed by atoms with Gasteiger partial charge in [-0.05, 0) is 29.5 Å². The van der Waals surface area contributed by atoms with Crippen LogP contribution < -0.4 is 10.5 Å². The molecule has 1 aromatic carbocycles. The Morgan fingerprint density at radius 2 is 2.16 bits per heavy atom. The maximum Gasteiger partial charge on any atom is 0.352 e. The first-order valence-corrected chi connectivity index (χ1v) is 11.0. The van der Waals surface area contributed by atoms with Crippen LogP contribution in [-0.4, -0.2) is 30.8 Å². The van der Waals surface area contributed by atoms with Gasteiger partial charge in [0.1, 0.15) is 6.61 Å². The van der Waals surface area contributed by atoms with Crippen LogP contribution in [0.15, 0.2) is 66.6 Å². The van der Waals surface area contributed by atoms with Gasteiger partial charge in [-0.3, -0.25) is 0 Å². The predicted octanol–water partition coefficient (Wildman–Crippen LogP) is 4.75. The molecular formula is C24H24N2O4S. The van der Waals surface area contributed by atoms with E-state index in [1.54, 1.807) is 11.3 Å². The minimum absolute atomic E-state index is 0.0916. The standard InChI is InChI=1S/C24H24N2O4S/c1-2-11-29-24(27)22(16-7-4-3-5-8-16)30-23-21(25)18(17-10-12-28-15-17)14-19(26-23)20-9-6-13-31-20/h2-9,13-14,17,22H,1,10-12,15,25H2. The van der Waals surface area contributed by atoms with Gasteiger partial charge in [0.2, 0.25) is 12.0 Å². The first-order chi connectivity index (χ1) is 15.2. The highest BCUT2D eigenvalue weighted by Gasteiger charge is 2.29. The second-order valence-corrected chi connectivity index (χ2v) is 8.13. The average molecular weight is 437 g/mol. The Morgan fingerprint density at radius 3 is 2.84 bits per heavy atom. The number of esters is 1. The molecule has 0 aliphatic carbocycles. The molecule has 3 aromatic rings. The van der Waals surface area contributed by atoms with Crippen LogP contribution in [-0.2, 0) is 14.3 Å². The van der Waals surface area contributed by atoms with Gasteiger partial charge in [-0.1, -0.05) is 49.1 Å². The zero-order chi connectivity index (χ0) is 21.6. The van der Waals surface area contributed by atoms with Crippen molar-refractivity contribution in [3.63, 3.8) is 0 Å². The normalized spacial score (nSPS) is 16.6. The quantitative estimate of drug-likeness (QED) is 0.405. The van der Waals surface area contributed by atoms with Crippen LogP contribution in [0.25, 0.3) is 10.6 Å². The highest BCUT2D eigenvalue weighted by atomic mass is 32.1. The van der Waals surface area contributed by atoms with Gasteiger partial charge in [-0.15, -0.1) is 11.3 Å². The Morgan fingerprint density at radius 1 is 1.32 bits per heavy atom. The number of benzene rings is 1. The van der Waals surface area contributed by atoms with E-state index >= 15 is 0 Å². The number of ether oxygens (including phenoxy) is 3. The van der Waals surface area contributed by atoms with E-state index in [4.69, 9.17) is 19.9 Å². The van der Waals surface area contributed by atoms with Crippen molar-refractivity contribution >= 4 is 23.0 Å². The van der Waals surface area contributed by atoms with Gasteiger partial charge in [-0.2, -0.15) is 0 Å². The van der Waals surface area contributed by atoms with Crippen molar-refractivity contribution in [1.82, 2.24) is 4.98 Å². The molecule has 1 aliphatic rings. The van der Waals surface area contributed by atoms with E-state index in [1.807, 2.05) is 53.9 Å². The second-order valence-electron chi connectivity index (χ2n) is 7.18. The fraction of sp³-hybridized carbons (Fsp3) is 0.250. The largest absolute Gasteiger partial charge is 0.458 e. The smallest absolute Gasteiger partial charge is 0.352 e. The average Bonchev–Trinajstić information content (AvgIpc) is 3.52. The molecule has 0 radical (unpaired) electrons. The molecule has 4 rings (SSSR count). The predicted molar refractivity (Wildman–Crippen MR) is 121 cm³/mol. The Kier molecular flexibility index (Phi) is 6.64. The number of nitrogens with zero attached hydrogens (tertiary/aromatic N) is 1. The van der Waals surface area contributed by atoms with Crippen LogP contribution in [0.1, 0.15) is 29.6 Å². The summed E-state index contributed by atoms with van der Waals surface area (Å²) >= 11 is 1.58. The number of carbonyl (C=O) groups is 1. The van der Waals surface area contributed by atoms with E-state index in [0.717, 1.165) is 22.6 Å². The third kappa shape index (κ3) is 4.78. The summed E-state index contributed by atoms with van der Waals surface area (Å²) in [6.45, 7) is 4.98. The number of hydrogen-bond acceptors (Lipinski definition) is 7. The van der Waals surface area contributed by atoms with Gasteiger partial charge < -0.3 is 19.9 Å². The number of thiophene rings is 1. The summed E-state index contributed by atoms with van der Waals surface area (Å²) in [5.41, 5.74) is 9.27. The summed E-state index contributed by atoms with van der Waals surface area (Å²) in [4.78, 5) is 18.5. The topological polar surface area (TPSA) is 83.7 Å². The molecule has 160 valence electrons. The zero-order valence-corrected chi connectivity index (χ0v) is 17.8. The fourth-order valence-electron chi connectivity index (χ4n) is 3.52. The van der Waals surface area contributed by atoms with Crippen LogP contribution in [0.3, 0.4) is 0 Å². The van der Waals surface area contributed by atoms with Crippen molar-refractivity contribution in [3.05, 3.63) is 77.7 Å². The Hall–Kier alpha value is -3.16. The number of aromatic nitrogens is 1. The Labute approximate surface area is 185 Å². The van der Waals surface area contributed by atoms with E-state index < -0.39 is 12.1 Å². The number of pyridine rings is 1. The number of anilines is 1. The maximum absolute atomic E-state index is 12.8. The zero-order valence-electron chi connectivity index (χ0n) is 17.0. The SMILES string of the molecule is C=CCOC(=O)C(Oc1nc(-c2cccs2)cc(C2CCOC2)c1N)c1ccccc1. The molecule has 7 heteroatoms. The van der Waals surface area contributed by atoms with Crippen LogP contribution >= 0.6 is 11.3 Å². The molecule has 1 saturated heterocycles. The van der Waals surface area contributed by atoms with Gasteiger partial charge >= 0.3 is 5.97 Å². The lowest BCUT2D eigenvalue weighted by Gasteiger charge is -2.21. The lowest BCUT2D eigenvalue weighted by atomic mass is 9.96. The summed E-state index contributed by atoms with van der Waals surface area (Å²) in [6.07, 6.45) is 1.39. The number of carbonyl (C=O) groups excluding carboxylic acids is 1. The molecular weight excluding hydrogens is 412 g/mol. The van der Waals surface area contributed by atoms with Crippen LogP contribution in [0.2, 0.25) is 0 Å². The molecule has 3 heterocycles. The number of nitrogen functional groups attached to an aromatic ring is 1. The molecule has 31 heavy (non-hydrogen) atoms. The van der Waals surface area contributed by atoms with Gasteiger partial charge in [0, 0.05) is 18.1 Å². The summed E-state index contributed by atoms with van der Waals surface area (Å²) in [5, 5.41) is 1.99. The third-order valence-electron chi connectivity index (χ3n) is 5.09. The summed E-state index contributed by atoms with van der Waals surface area (Å²) in [7, 11) is 0. The molecule has 2 unspecified atom stereocenters. The lowest BCUT2D eigenvalue weighted by Crippen LogP contribution is -2.23. The minimum atomic E-state index is -0.998. The van der Waals surface area contributed by atoms with E-state index in [0.29, 0.717) is 24.5 Å². The summed E-state index contributed by atoms with van der Waals surface area (Å²) in [6, 6.07) is 15.1. The molecule has 1 aliphatic heterocycles. The molecule has 0 bridgehead atoms. The van der Waals surface area contributed by atoms with Crippen LogP contribution in [0.4, 0.5) is 5.69 Å². The Balaban J connectivity index is 1.75. The van der Waals surface area contributed by atoms with Gasteiger partial charge in [0.25, 0.3) is 0 Å². The molecule has 6 nitrogen and oxygen atoms in total. The fourth-order valence-corrected chi connectivity index (χ4v) is 4.20. The maximum atomic E-state index is 12.8. The van der Waals surface area contributed by atoms with Crippen molar-refractivity contribution in [2.24, 2.45) is 0 Å². The molecule has 0 spiro atoms. The second kappa shape index (κ2) is 9.76. The lowest BCUT2D eigenvalue weighted by molar-refractivity contribution is -0.151. The molecule has 0 amide bonds. The summed E-state index contributed by atoms with van der Waals surface area (Å²) < 4.78 is 17.0. The van der Waals surface area contributed by atoms with Gasteiger partial charge in [-0.25, -0.2) is 9.78 Å². The Bertz CT molecular complexity index is 1030. The molecule has 2 N–H and O–H groups in total. The van der Waals surface area contributed by atoms with E-state index in [2.05, 4.69) is 11.6 Å². The summed E-state index contributed by atoms with van der Waals surface area (Å²) in [5.74, 6) is -0.149. The van der Waals surface area contributed by atoms with Crippen molar-refractivity contribution in [2.75, 3.05) is 25.6 Å². The monoisotopic (exact) mass is 436 g/mol. The number of hydrogen-bond donors (Lipinski definition) is 1. The van der Waals surface area contributed by atoms with Crippen molar-refractivity contribution in [1.29, 1.82) is 0 Å². The first-order valence-electron chi connectivity index (χ1n) is 10.1. The van der Waals surface area contributed by atoms with E-state index in [-0.39, 0.29) is 18.4 Å². The van der Waals surface area contributed by atoms with Crippen LogP contribution in [0, 0.1) is 0 Å². The molecule has 2 atom stereocenters. The van der Waals surface area contributed by atoms with Crippen molar-refractivity contribution in [3.8, 4) is 16.5 Å². The van der Waals surface area contributed by atoms with Gasteiger partial charge in [0.15, 0.2) is 0 Å². The molecule has 2 aromatic heterocycles. The molecule has 0 saturated carbocycles. The number of rotatable bonds is 8. The highest BCUT2D eigenvalue weighted by molar-refractivity contribution is 7.13. The van der Waals surface area contributed by atoms with E-state index in [9.17, 15) is 4.79 Å². The van der Waals surface area contributed by atoms with Crippen molar-refractivity contribution < 1.29 is 19.0 Å². The van der Waals surface area contributed by atoms with Crippen LogP contribution in [0.5, 0.6) is 5.88 Å². The van der Waals surface area contributed by atoms with Gasteiger partial charge in [0.05, 0.1) is 22.9 Å². The highest BCUT2D eigenvalue weighted by Crippen LogP contribution is 2.39. The van der Waals surface area contributed by atoms with Crippen molar-refractivity contribution in [2.45, 2.75) is 18.4 Å². The van der Waals surface area contributed by atoms with E-state index in [1.165, 1.54) is 6.08 Å². The third-order valence-corrected chi connectivity index (χ3v) is 5.98. The number of nitrogens with two attached hydrogens (primary N) is 1. The minimum Gasteiger partial charge on any atom is -0.458 e. The molecule has 1 fully saturated rings. The first kappa shape index (κ1) is 21.1.